The van der Waals surface area contributed by atoms with E-state index in [9.17, 15) is 0 Å². The number of benzene rings is 1. The van der Waals surface area contributed by atoms with Crippen LogP contribution in [0.15, 0.2) is 30.3 Å². The molecule has 1 nitrogen and oxygen atoms in total. The molecule has 0 saturated heterocycles. The molecule has 0 heterocycles. The maximum atomic E-state index is 2.46. The van der Waals surface area contributed by atoms with Gasteiger partial charge in [0.25, 0.3) is 0 Å². The molecule has 0 amide bonds. The van der Waals surface area contributed by atoms with E-state index in [1.54, 1.807) is 0 Å². The van der Waals surface area contributed by atoms with Crippen LogP contribution in [0.5, 0.6) is 0 Å². The van der Waals surface area contributed by atoms with Gasteiger partial charge in [0, 0.05) is 12.0 Å². The minimum atomic E-state index is 0.651. The molecule has 0 aliphatic heterocycles. The molecule has 1 atom stereocenters. The Balaban J connectivity index is 2.51. The van der Waals surface area contributed by atoms with Gasteiger partial charge in [-0.1, -0.05) is 102 Å². The van der Waals surface area contributed by atoms with Crippen LogP contribution in [0, 0.1) is 0 Å². The monoisotopic (exact) mass is 360 g/mol. The summed E-state index contributed by atoms with van der Waals surface area (Å²) in [6.45, 7) is 5.90. The molecule has 0 saturated carbocycles. The normalized spacial score (nSPS) is 13.1. The summed E-state index contributed by atoms with van der Waals surface area (Å²) in [6.07, 6.45) is 18.1. The third-order valence-electron chi connectivity index (χ3n) is 5.95. The summed E-state index contributed by atoms with van der Waals surface area (Å²) in [7, 11) is 4.92. The summed E-state index contributed by atoms with van der Waals surface area (Å²) in [4.78, 5) is 0. The maximum absolute atomic E-state index is 2.46. The molecule has 0 bridgehead atoms. The number of nitrogens with zero attached hydrogens (tertiary/aromatic N) is 1. The van der Waals surface area contributed by atoms with Gasteiger partial charge in [-0.3, -0.25) is 0 Å². The van der Waals surface area contributed by atoms with E-state index in [1.165, 1.54) is 95.6 Å². The van der Waals surface area contributed by atoms with Crippen LogP contribution in [-0.4, -0.2) is 25.1 Å². The van der Waals surface area contributed by atoms with Crippen molar-refractivity contribution in [2.45, 2.75) is 103 Å². The Morgan fingerprint density at radius 3 is 1.73 bits per heavy atom. The summed E-state index contributed by atoms with van der Waals surface area (Å²) in [6, 6.07) is 11.9. The summed E-state index contributed by atoms with van der Waals surface area (Å²) < 4.78 is 1.15. The van der Waals surface area contributed by atoms with Crippen LogP contribution in [0.4, 0.5) is 0 Å². The molecule has 0 radical (unpaired) electrons. The second-order valence-electron chi connectivity index (χ2n) is 8.75. The third-order valence-corrected chi connectivity index (χ3v) is 5.95. The van der Waals surface area contributed by atoms with Crippen LogP contribution in [-0.2, 0) is 0 Å². The lowest BCUT2D eigenvalue weighted by molar-refractivity contribution is -0.921. The van der Waals surface area contributed by atoms with Gasteiger partial charge < -0.3 is 4.48 Å². The molecular weight excluding hydrogens is 314 g/mol. The Kier molecular flexibility index (Phi) is 12.7. The van der Waals surface area contributed by atoms with Gasteiger partial charge in [0.2, 0.25) is 0 Å². The minimum absolute atomic E-state index is 0.651. The Bertz CT molecular complexity index is 423. The van der Waals surface area contributed by atoms with Crippen LogP contribution in [0.1, 0.15) is 109 Å². The van der Waals surface area contributed by atoms with Gasteiger partial charge in [0.1, 0.15) is 6.04 Å². The Hall–Kier alpha value is -0.820. The first-order valence-corrected chi connectivity index (χ1v) is 11.5. The lowest BCUT2D eigenvalue weighted by atomic mass is 9.96. The van der Waals surface area contributed by atoms with Gasteiger partial charge in [-0.2, -0.15) is 0 Å². The van der Waals surface area contributed by atoms with Crippen molar-refractivity contribution in [2.75, 3.05) is 20.6 Å². The van der Waals surface area contributed by atoms with Crippen molar-refractivity contribution in [3.05, 3.63) is 35.9 Å². The van der Waals surface area contributed by atoms with Gasteiger partial charge in [-0.05, 0) is 19.3 Å². The zero-order valence-electron chi connectivity index (χ0n) is 18.3. The van der Waals surface area contributed by atoms with Gasteiger partial charge >= 0.3 is 0 Å². The van der Waals surface area contributed by atoms with Crippen LogP contribution < -0.4 is 0 Å². The number of rotatable bonds is 16. The van der Waals surface area contributed by atoms with E-state index >= 15 is 0 Å². The van der Waals surface area contributed by atoms with Gasteiger partial charge in [-0.15, -0.1) is 0 Å². The summed E-state index contributed by atoms with van der Waals surface area (Å²) in [5, 5.41) is 0. The molecule has 0 spiro atoms. The van der Waals surface area contributed by atoms with Crippen molar-refractivity contribution in [3.63, 3.8) is 0 Å². The predicted octanol–water partition coefficient (Wildman–Crippen LogP) is 7.92. The number of unbranched alkanes of at least 4 members (excludes halogenated alkanes) is 10. The molecule has 0 N–H and O–H groups in total. The Morgan fingerprint density at radius 1 is 0.654 bits per heavy atom. The highest BCUT2D eigenvalue weighted by Crippen LogP contribution is 2.31. The molecule has 1 aromatic rings. The lowest BCUT2D eigenvalue weighted by Crippen LogP contribution is -2.44. The fraction of sp³-hybridized carbons (Fsp3) is 0.760. The predicted molar refractivity (Wildman–Crippen MR) is 118 cm³/mol. The molecule has 150 valence electrons. The SMILES string of the molecule is CCCCCCCCC(c1ccccc1)[N+](C)(C)CCCCCCCC. The van der Waals surface area contributed by atoms with Crippen molar-refractivity contribution in [1.29, 1.82) is 0 Å². The third kappa shape index (κ3) is 9.76. The van der Waals surface area contributed by atoms with E-state index in [0.717, 1.165) is 4.48 Å². The number of hydrogen-bond acceptors (Lipinski definition) is 0. The second-order valence-corrected chi connectivity index (χ2v) is 8.75. The van der Waals surface area contributed by atoms with Crippen LogP contribution in [0.3, 0.4) is 0 Å². The first kappa shape index (κ1) is 23.2. The molecule has 26 heavy (non-hydrogen) atoms. The average molecular weight is 361 g/mol. The van der Waals surface area contributed by atoms with Crippen LogP contribution in [0.25, 0.3) is 0 Å². The van der Waals surface area contributed by atoms with E-state index in [4.69, 9.17) is 0 Å². The maximum Gasteiger partial charge on any atom is 0.114 e. The highest BCUT2D eigenvalue weighted by atomic mass is 15.3. The standard InChI is InChI=1S/C25H46N/c1-5-7-9-11-13-18-22-25(24-20-16-15-17-21-24)26(3,4)23-19-14-12-10-8-6-2/h15-17,20-21,25H,5-14,18-19,22-23H2,1-4H3/q+1. The molecule has 0 aliphatic rings. The van der Waals surface area contributed by atoms with E-state index in [2.05, 4.69) is 58.3 Å². The smallest absolute Gasteiger partial charge is 0.114 e. The Morgan fingerprint density at radius 2 is 1.15 bits per heavy atom. The largest absolute Gasteiger partial charge is 0.322 e. The van der Waals surface area contributed by atoms with E-state index in [-0.39, 0.29) is 0 Å². The fourth-order valence-electron chi connectivity index (χ4n) is 4.17. The van der Waals surface area contributed by atoms with Crippen molar-refractivity contribution in [3.8, 4) is 0 Å². The van der Waals surface area contributed by atoms with E-state index in [1.807, 2.05) is 0 Å². The molecule has 1 rings (SSSR count). The Labute approximate surface area is 164 Å². The van der Waals surface area contributed by atoms with Gasteiger partial charge in [-0.25, -0.2) is 0 Å². The van der Waals surface area contributed by atoms with Crippen LogP contribution in [0.2, 0.25) is 0 Å². The fourth-order valence-corrected chi connectivity index (χ4v) is 4.17. The zero-order chi connectivity index (χ0) is 19.1. The molecule has 0 aliphatic carbocycles. The van der Waals surface area contributed by atoms with Crippen molar-refractivity contribution >= 4 is 0 Å². The van der Waals surface area contributed by atoms with Crippen molar-refractivity contribution in [1.82, 2.24) is 0 Å². The second kappa shape index (κ2) is 14.3. The molecule has 1 unspecified atom stereocenters. The molecular formula is C25H46N+. The summed E-state index contributed by atoms with van der Waals surface area (Å²) >= 11 is 0. The minimum Gasteiger partial charge on any atom is -0.322 e. The van der Waals surface area contributed by atoms with E-state index in [0.29, 0.717) is 6.04 Å². The van der Waals surface area contributed by atoms with Crippen molar-refractivity contribution in [2.24, 2.45) is 0 Å². The van der Waals surface area contributed by atoms with Gasteiger partial charge in [0.15, 0.2) is 0 Å². The highest BCUT2D eigenvalue weighted by Gasteiger charge is 2.28. The topological polar surface area (TPSA) is 0 Å². The van der Waals surface area contributed by atoms with E-state index < -0.39 is 0 Å². The number of hydrogen-bond donors (Lipinski definition) is 0. The average Bonchev–Trinajstić information content (AvgIpc) is 2.64. The lowest BCUT2D eigenvalue weighted by Gasteiger charge is -2.39. The highest BCUT2D eigenvalue weighted by molar-refractivity contribution is 5.17. The first-order chi connectivity index (χ1) is 12.6. The summed E-state index contributed by atoms with van der Waals surface area (Å²) in [5.41, 5.74) is 1.54. The molecule has 1 heteroatoms. The van der Waals surface area contributed by atoms with Crippen LogP contribution >= 0.6 is 0 Å². The summed E-state index contributed by atoms with van der Waals surface area (Å²) in [5.74, 6) is 0. The first-order valence-electron chi connectivity index (χ1n) is 11.5. The van der Waals surface area contributed by atoms with Crippen molar-refractivity contribution < 1.29 is 4.48 Å². The zero-order valence-corrected chi connectivity index (χ0v) is 18.3. The quantitative estimate of drug-likeness (QED) is 0.207. The molecule has 1 aromatic carbocycles. The number of quaternary nitrogens is 1. The van der Waals surface area contributed by atoms with Gasteiger partial charge in [0.05, 0.1) is 20.6 Å². The molecule has 0 fully saturated rings. The molecule has 0 aromatic heterocycles.